The second-order valence-electron chi connectivity index (χ2n) is 6.30. The summed E-state index contributed by atoms with van der Waals surface area (Å²) in [5.74, 6) is 0.119. The summed E-state index contributed by atoms with van der Waals surface area (Å²) in [7, 11) is 1.62. The van der Waals surface area contributed by atoms with E-state index in [0.717, 1.165) is 12.8 Å². The molecule has 0 saturated heterocycles. The normalized spacial score (nSPS) is 18.4. The third kappa shape index (κ3) is 3.65. The van der Waals surface area contributed by atoms with Crippen LogP contribution in [0.2, 0.25) is 0 Å². The number of likely N-dealkylation sites (N-methyl/N-ethyl adjacent to an activating group) is 1. The Morgan fingerprint density at radius 1 is 1.55 bits per heavy atom. The van der Waals surface area contributed by atoms with E-state index in [1.165, 1.54) is 4.90 Å². The van der Waals surface area contributed by atoms with Crippen molar-refractivity contribution in [2.75, 3.05) is 20.1 Å². The standard InChI is InChI=1S/C15H25N5O2/c1-11(20-8-4-7-17-20)14(22)19(3)9-13(21)18-15(2,10-16)12-5-6-12/h4,7-8,11-12H,5-6,9-10,16H2,1-3H3,(H,18,21). The molecule has 1 aromatic heterocycles. The maximum atomic E-state index is 12.3. The van der Waals surface area contributed by atoms with Crippen LogP contribution < -0.4 is 11.1 Å². The number of carbonyl (C=O) groups is 2. The highest BCUT2D eigenvalue weighted by atomic mass is 16.2. The molecular formula is C15H25N5O2. The van der Waals surface area contributed by atoms with Crippen LogP contribution in [-0.2, 0) is 9.59 Å². The molecule has 0 radical (unpaired) electrons. The Hall–Kier alpha value is -1.89. The van der Waals surface area contributed by atoms with Gasteiger partial charge in [0.2, 0.25) is 11.8 Å². The molecule has 1 heterocycles. The van der Waals surface area contributed by atoms with E-state index in [0.29, 0.717) is 12.5 Å². The number of aromatic nitrogens is 2. The zero-order valence-corrected chi connectivity index (χ0v) is 13.5. The van der Waals surface area contributed by atoms with Crippen LogP contribution in [0, 0.1) is 5.92 Å². The average molecular weight is 307 g/mol. The lowest BCUT2D eigenvalue weighted by Crippen LogP contribution is -2.55. The second-order valence-corrected chi connectivity index (χ2v) is 6.30. The number of carbonyl (C=O) groups excluding carboxylic acids is 2. The van der Waals surface area contributed by atoms with Crippen molar-refractivity contribution in [1.29, 1.82) is 0 Å². The van der Waals surface area contributed by atoms with Gasteiger partial charge in [-0.2, -0.15) is 5.10 Å². The molecule has 122 valence electrons. The summed E-state index contributed by atoms with van der Waals surface area (Å²) in [5.41, 5.74) is 5.43. The minimum Gasteiger partial charge on any atom is -0.348 e. The van der Waals surface area contributed by atoms with E-state index in [1.54, 1.807) is 37.1 Å². The van der Waals surface area contributed by atoms with Crippen molar-refractivity contribution in [3.8, 4) is 0 Å². The zero-order chi connectivity index (χ0) is 16.3. The van der Waals surface area contributed by atoms with Gasteiger partial charge in [-0.3, -0.25) is 14.3 Å². The monoisotopic (exact) mass is 307 g/mol. The molecule has 0 bridgehead atoms. The molecule has 1 aromatic rings. The number of nitrogens with two attached hydrogens (primary N) is 1. The zero-order valence-electron chi connectivity index (χ0n) is 13.5. The van der Waals surface area contributed by atoms with Crippen molar-refractivity contribution < 1.29 is 9.59 Å². The van der Waals surface area contributed by atoms with Gasteiger partial charge in [-0.25, -0.2) is 0 Å². The molecule has 0 spiro atoms. The van der Waals surface area contributed by atoms with Gasteiger partial charge in [0, 0.05) is 26.0 Å². The summed E-state index contributed by atoms with van der Waals surface area (Å²) in [4.78, 5) is 25.9. The van der Waals surface area contributed by atoms with Crippen LogP contribution in [0.1, 0.15) is 32.7 Å². The van der Waals surface area contributed by atoms with Gasteiger partial charge in [-0.05, 0) is 38.7 Å². The Balaban J connectivity index is 1.89. The first-order valence-electron chi connectivity index (χ1n) is 7.62. The van der Waals surface area contributed by atoms with Crippen molar-refractivity contribution in [2.45, 2.75) is 38.3 Å². The van der Waals surface area contributed by atoms with E-state index >= 15 is 0 Å². The molecule has 2 atom stereocenters. The van der Waals surface area contributed by atoms with Crippen molar-refractivity contribution >= 4 is 11.8 Å². The summed E-state index contributed by atoms with van der Waals surface area (Å²) in [6.45, 7) is 4.16. The molecule has 22 heavy (non-hydrogen) atoms. The Morgan fingerprint density at radius 3 is 2.73 bits per heavy atom. The van der Waals surface area contributed by atoms with Gasteiger partial charge in [0.1, 0.15) is 6.04 Å². The smallest absolute Gasteiger partial charge is 0.247 e. The number of rotatable bonds is 7. The minimum absolute atomic E-state index is 0.0206. The van der Waals surface area contributed by atoms with Gasteiger partial charge in [0.25, 0.3) is 0 Å². The first-order valence-corrected chi connectivity index (χ1v) is 7.62. The molecule has 3 N–H and O–H groups in total. The molecule has 1 aliphatic rings. The molecular weight excluding hydrogens is 282 g/mol. The molecule has 2 rings (SSSR count). The third-order valence-electron chi connectivity index (χ3n) is 4.36. The van der Waals surface area contributed by atoms with Crippen LogP contribution in [0.3, 0.4) is 0 Å². The molecule has 1 saturated carbocycles. The number of amides is 2. The number of hydrogen-bond donors (Lipinski definition) is 2. The summed E-state index contributed by atoms with van der Waals surface area (Å²) in [6.07, 6.45) is 5.55. The van der Waals surface area contributed by atoms with Crippen LogP contribution in [0.15, 0.2) is 18.5 Å². The summed E-state index contributed by atoms with van der Waals surface area (Å²) in [6, 6.07) is 1.33. The van der Waals surface area contributed by atoms with E-state index in [4.69, 9.17) is 5.73 Å². The van der Waals surface area contributed by atoms with E-state index in [-0.39, 0.29) is 23.9 Å². The van der Waals surface area contributed by atoms with E-state index < -0.39 is 6.04 Å². The highest BCUT2D eigenvalue weighted by Gasteiger charge is 2.41. The average Bonchev–Trinajstić information content (AvgIpc) is 3.21. The highest BCUT2D eigenvalue weighted by molar-refractivity contribution is 5.86. The molecule has 2 unspecified atom stereocenters. The summed E-state index contributed by atoms with van der Waals surface area (Å²) >= 11 is 0. The highest BCUT2D eigenvalue weighted by Crippen LogP contribution is 2.38. The Labute approximate surface area is 130 Å². The Kier molecular flexibility index (Phi) is 4.85. The van der Waals surface area contributed by atoms with Crippen molar-refractivity contribution in [2.24, 2.45) is 11.7 Å². The lowest BCUT2D eigenvalue weighted by atomic mass is 9.96. The summed E-state index contributed by atoms with van der Waals surface area (Å²) in [5, 5.41) is 7.04. The maximum Gasteiger partial charge on any atom is 0.247 e. The summed E-state index contributed by atoms with van der Waals surface area (Å²) < 4.78 is 1.57. The quantitative estimate of drug-likeness (QED) is 0.749. The van der Waals surface area contributed by atoms with Crippen molar-refractivity contribution in [3.63, 3.8) is 0 Å². The molecule has 0 aromatic carbocycles. The molecule has 7 heteroatoms. The van der Waals surface area contributed by atoms with Crippen LogP contribution >= 0.6 is 0 Å². The first kappa shape index (κ1) is 16.5. The molecule has 1 fully saturated rings. The van der Waals surface area contributed by atoms with Crippen molar-refractivity contribution in [3.05, 3.63) is 18.5 Å². The van der Waals surface area contributed by atoms with Crippen LogP contribution in [0.25, 0.3) is 0 Å². The molecule has 7 nitrogen and oxygen atoms in total. The predicted molar refractivity (Wildman–Crippen MR) is 82.9 cm³/mol. The SMILES string of the molecule is CC(C(=O)N(C)CC(=O)NC(C)(CN)C1CC1)n1cccn1. The topological polar surface area (TPSA) is 93.3 Å². The largest absolute Gasteiger partial charge is 0.348 e. The van der Waals surface area contributed by atoms with Gasteiger partial charge in [0.15, 0.2) is 0 Å². The molecule has 0 aliphatic heterocycles. The van der Waals surface area contributed by atoms with Crippen LogP contribution in [0.5, 0.6) is 0 Å². The molecule has 1 aliphatic carbocycles. The van der Waals surface area contributed by atoms with Crippen LogP contribution in [-0.4, -0.2) is 52.2 Å². The van der Waals surface area contributed by atoms with E-state index in [9.17, 15) is 9.59 Å². The fourth-order valence-electron chi connectivity index (χ4n) is 2.63. The second kappa shape index (κ2) is 6.48. The Morgan fingerprint density at radius 2 is 2.23 bits per heavy atom. The lowest BCUT2D eigenvalue weighted by molar-refractivity contribution is -0.137. The van der Waals surface area contributed by atoms with Gasteiger partial charge < -0.3 is 16.0 Å². The lowest BCUT2D eigenvalue weighted by Gasteiger charge is -2.31. The fourth-order valence-corrected chi connectivity index (χ4v) is 2.63. The van der Waals surface area contributed by atoms with Gasteiger partial charge >= 0.3 is 0 Å². The third-order valence-corrected chi connectivity index (χ3v) is 4.36. The first-order chi connectivity index (χ1) is 10.4. The number of nitrogens with zero attached hydrogens (tertiary/aromatic N) is 3. The molecule has 2 amide bonds. The fraction of sp³-hybridized carbons (Fsp3) is 0.667. The van der Waals surface area contributed by atoms with Crippen molar-refractivity contribution in [1.82, 2.24) is 20.0 Å². The number of nitrogens with one attached hydrogen (secondary N) is 1. The van der Waals surface area contributed by atoms with Gasteiger partial charge in [0.05, 0.1) is 12.1 Å². The maximum absolute atomic E-state index is 12.3. The van der Waals surface area contributed by atoms with Gasteiger partial charge in [-0.1, -0.05) is 0 Å². The Bertz CT molecular complexity index is 526. The van der Waals surface area contributed by atoms with E-state index in [1.807, 2.05) is 6.92 Å². The predicted octanol–water partition coefficient (Wildman–Crippen LogP) is 0.146. The number of hydrogen-bond acceptors (Lipinski definition) is 4. The van der Waals surface area contributed by atoms with Gasteiger partial charge in [-0.15, -0.1) is 0 Å². The minimum atomic E-state index is -0.433. The van der Waals surface area contributed by atoms with E-state index in [2.05, 4.69) is 10.4 Å². The van der Waals surface area contributed by atoms with Crippen LogP contribution in [0.4, 0.5) is 0 Å².